The van der Waals surface area contributed by atoms with E-state index in [9.17, 15) is 9.90 Å². The molecule has 2 heterocycles. The Bertz CT molecular complexity index is 386. The van der Waals surface area contributed by atoms with Gasteiger partial charge in [0.25, 0.3) is 5.91 Å². The molecule has 88 valence electrons. The lowest BCUT2D eigenvalue weighted by molar-refractivity contribution is 0.0722. The maximum absolute atomic E-state index is 11.9. The molecule has 5 heteroatoms. The van der Waals surface area contributed by atoms with Crippen LogP contribution < -0.4 is 0 Å². The molecular weight excluding hydrogens is 208 g/mol. The molecule has 2 atom stereocenters. The van der Waals surface area contributed by atoms with Crippen LogP contribution in [0.15, 0.2) is 10.6 Å². The molecule has 0 radical (unpaired) electrons. The van der Waals surface area contributed by atoms with Crippen LogP contribution in [0, 0.1) is 12.8 Å². The Labute approximate surface area is 94.0 Å². The number of nitrogens with zero attached hydrogens (tertiary/aromatic N) is 2. The normalized spacial score (nSPS) is 22.4. The van der Waals surface area contributed by atoms with Crippen molar-refractivity contribution in [2.24, 2.45) is 5.92 Å². The molecule has 0 saturated carbocycles. The number of aliphatic hydroxyl groups excluding tert-OH is 1. The molecular formula is C11H16N2O3. The third kappa shape index (κ3) is 2.09. The first kappa shape index (κ1) is 11.1. The van der Waals surface area contributed by atoms with Gasteiger partial charge in [0.1, 0.15) is 0 Å². The zero-order chi connectivity index (χ0) is 11.7. The summed E-state index contributed by atoms with van der Waals surface area (Å²) in [6, 6.07) is 1.64. The van der Waals surface area contributed by atoms with Crippen LogP contribution in [0.25, 0.3) is 0 Å². The zero-order valence-electron chi connectivity index (χ0n) is 9.51. The molecule has 5 nitrogen and oxygen atoms in total. The van der Waals surface area contributed by atoms with E-state index in [1.54, 1.807) is 24.8 Å². The molecule has 2 unspecified atom stereocenters. The van der Waals surface area contributed by atoms with Crippen LogP contribution in [-0.2, 0) is 0 Å². The van der Waals surface area contributed by atoms with Crippen molar-refractivity contribution in [2.45, 2.75) is 26.4 Å². The minimum Gasteiger partial charge on any atom is -0.393 e. The van der Waals surface area contributed by atoms with E-state index in [2.05, 4.69) is 5.16 Å². The van der Waals surface area contributed by atoms with Gasteiger partial charge in [-0.3, -0.25) is 4.79 Å². The summed E-state index contributed by atoms with van der Waals surface area (Å²) >= 11 is 0. The minimum atomic E-state index is -0.366. The minimum absolute atomic E-state index is 0.135. The van der Waals surface area contributed by atoms with E-state index < -0.39 is 0 Å². The second-order valence-electron chi connectivity index (χ2n) is 4.37. The van der Waals surface area contributed by atoms with Gasteiger partial charge in [0.2, 0.25) is 5.76 Å². The zero-order valence-corrected chi connectivity index (χ0v) is 9.51. The van der Waals surface area contributed by atoms with E-state index in [-0.39, 0.29) is 23.7 Å². The third-order valence-electron chi connectivity index (χ3n) is 3.03. The lowest BCUT2D eigenvalue weighted by Crippen LogP contribution is -2.30. The first-order chi connectivity index (χ1) is 7.58. The number of aryl methyl sites for hydroxylation is 1. The third-order valence-corrected chi connectivity index (χ3v) is 3.03. The molecule has 1 aromatic heterocycles. The van der Waals surface area contributed by atoms with E-state index in [4.69, 9.17) is 4.52 Å². The molecule has 1 aliphatic heterocycles. The fraction of sp³-hybridized carbons (Fsp3) is 0.636. The van der Waals surface area contributed by atoms with Crippen molar-refractivity contribution < 1.29 is 14.4 Å². The highest BCUT2D eigenvalue weighted by Crippen LogP contribution is 2.21. The van der Waals surface area contributed by atoms with Gasteiger partial charge in [-0.05, 0) is 20.3 Å². The quantitative estimate of drug-likeness (QED) is 0.807. The molecule has 1 aromatic rings. The Morgan fingerprint density at radius 2 is 2.50 bits per heavy atom. The maximum atomic E-state index is 11.9. The van der Waals surface area contributed by atoms with Crippen LogP contribution >= 0.6 is 0 Å². The first-order valence-electron chi connectivity index (χ1n) is 5.48. The van der Waals surface area contributed by atoms with Crippen LogP contribution in [0.2, 0.25) is 0 Å². The number of carbonyl (C=O) groups excluding carboxylic acids is 1. The highest BCUT2D eigenvalue weighted by Gasteiger charge is 2.30. The summed E-state index contributed by atoms with van der Waals surface area (Å²) in [7, 11) is 0. The van der Waals surface area contributed by atoms with Crippen LogP contribution in [0.3, 0.4) is 0 Å². The number of hydrogen-bond donors (Lipinski definition) is 1. The van der Waals surface area contributed by atoms with E-state index in [0.717, 1.165) is 6.42 Å². The van der Waals surface area contributed by atoms with E-state index in [1.807, 2.05) is 0 Å². The average Bonchev–Trinajstić information content (AvgIpc) is 2.84. The predicted octanol–water partition coefficient (Wildman–Crippen LogP) is 0.826. The summed E-state index contributed by atoms with van der Waals surface area (Å²) in [4.78, 5) is 13.6. The molecule has 1 saturated heterocycles. The maximum Gasteiger partial charge on any atom is 0.292 e. The highest BCUT2D eigenvalue weighted by atomic mass is 16.5. The van der Waals surface area contributed by atoms with Gasteiger partial charge in [-0.2, -0.15) is 0 Å². The Hall–Kier alpha value is -1.36. The number of amides is 1. The van der Waals surface area contributed by atoms with E-state index in [1.165, 1.54) is 0 Å². The second kappa shape index (κ2) is 4.25. The fourth-order valence-corrected chi connectivity index (χ4v) is 1.99. The summed E-state index contributed by atoms with van der Waals surface area (Å²) in [6.45, 7) is 4.81. The van der Waals surface area contributed by atoms with Gasteiger partial charge < -0.3 is 14.5 Å². The van der Waals surface area contributed by atoms with Crippen molar-refractivity contribution in [3.63, 3.8) is 0 Å². The van der Waals surface area contributed by atoms with Crippen molar-refractivity contribution >= 4 is 5.91 Å². The Balaban J connectivity index is 2.02. The van der Waals surface area contributed by atoms with Crippen molar-refractivity contribution in [3.05, 3.63) is 17.5 Å². The molecule has 1 N–H and O–H groups in total. The lowest BCUT2D eigenvalue weighted by atomic mass is 10.0. The summed E-state index contributed by atoms with van der Waals surface area (Å²) in [6.07, 6.45) is 0.477. The number of aromatic nitrogens is 1. The average molecular weight is 224 g/mol. The molecule has 0 aliphatic carbocycles. The van der Waals surface area contributed by atoms with Gasteiger partial charge in [-0.25, -0.2) is 0 Å². The lowest BCUT2D eigenvalue weighted by Gasteiger charge is -2.15. The summed E-state index contributed by atoms with van der Waals surface area (Å²) in [5.41, 5.74) is 0.703. The number of aliphatic hydroxyl groups is 1. The SMILES string of the molecule is Cc1cc(C(=O)N2CCC(C(C)O)C2)on1. The van der Waals surface area contributed by atoms with Gasteiger partial charge in [0, 0.05) is 25.1 Å². The summed E-state index contributed by atoms with van der Waals surface area (Å²) in [5, 5.41) is 13.1. The van der Waals surface area contributed by atoms with Crippen LogP contribution in [0.5, 0.6) is 0 Å². The van der Waals surface area contributed by atoms with Crippen LogP contribution in [-0.4, -0.2) is 40.3 Å². The number of rotatable bonds is 2. The largest absolute Gasteiger partial charge is 0.393 e. The fourth-order valence-electron chi connectivity index (χ4n) is 1.99. The Kier molecular flexibility index (Phi) is 2.96. The molecule has 1 fully saturated rings. The van der Waals surface area contributed by atoms with Crippen LogP contribution in [0.1, 0.15) is 29.6 Å². The van der Waals surface area contributed by atoms with Gasteiger partial charge in [-0.1, -0.05) is 5.16 Å². The second-order valence-corrected chi connectivity index (χ2v) is 4.37. The van der Waals surface area contributed by atoms with E-state index >= 15 is 0 Å². The topological polar surface area (TPSA) is 66.6 Å². The van der Waals surface area contributed by atoms with Gasteiger partial charge in [0.15, 0.2) is 0 Å². The summed E-state index contributed by atoms with van der Waals surface area (Å²) in [5.74, 6) is 0.320. The number of likely N-dealkylation sites (tertiary alicyclic amines) is 1. The predicted molar refractivity (Wildman–Crippen MR) is 56.9 cm³/mol. The van der Waals surface area contributed by atoms with Crippen molar-refractivity contribution in [1.29, 1.82) is 0 Å². The van der Waals surface area contributed by atoms with Crippen LogP contribution in [0.4, 0.5) is 0 Å². The monoisotopic (exact) mass is 224 g/mol. The molecule has 1 aliphatic rings. The molecule has 2 rings (SSSR count). The number of hydrogen-bond acceptors (Lipinski definition) is 4. The Morgan fingerprint density at radius 1 is 1.75 bits per heavy atom. The standard InChI is InChI=1S/C11H16N2O3/c1-7-5-10(16-12-7)11(15)13-4-3-9(6-13)8(2)14/h5,8-9,14H,3-4,6H2,1-2H3. The summed E-state index contributed by atoms with van der Waals surface area (Å²) < 4.78 is 4.93. The van der Waals surface area contributed by atoms with Gasteiger partial charge in [0.05, 0.1) is 11.8 Å². The molecule has 0 spiro atoms. The van der Waals surface area contributed by atoms with Crippen molar-refractivity contribution in [1.82, 2.24) is 10.1 Å². The van der Waals surface area contributed by atoms with Crippen molar-refractivity contribution in [2.75, 3.05) is 13.1 Å². The van der Waals surface area contributed by atoms with E-state index in [0.29, 0.717) is 18.8 Å². The molecule has 0 aromatic carbocycles. The molecule has 0 bridgehead atoms. The first-order valence-corrected chi connectivity index (χ1v) is 5.48. The van der Waals surface area contributed by atoms with Crippen molar-refractivity contribution in [3.8, 4) is 0 Å². The Morgan fingerprint density at radius 3 is 3.00 bits per heavy atom. The molecule has 1 amide bonds. The molecule has 16 heavy (non-hydrogen) atoms. The van der Waals surface area contributed by atoms with Gasteiger partial charge in [-0.15, -0.1) is 0 Å². The smallest absolute Gasteiger partial charge is 0.292 e. The highest BCUT2D eigenvalue weighted by molar-refractivity contribution is 5.91. The number of carbonyl (C=O) groups is 1. The van der Waals surface area contributed by atoms with Gasteiger partial charge >= 0.3 is 0 Å².